The summed E-state index contributed by atoms with van der Waals surface area (Å²) in [6.07, 6.45) is 0. The van der Waals surface area contributed by atoms with Crippen LogP contribution in [-0.2, 0) is 0 Å². The molecule has 0 nitrogen and oxygen atoms in total. The van der Waals surface area contributed by atoms with E-state index < -0.39 is 35.9 Å². The topological polar surface area (TPSA) is 0 Å². The predicted molar refractivity (Wildman–Crippen MR) is 11.6 cm³/mol. The molecule has 0 aliphatic rings. The van der Waals surface area contributed by atoms with Gasteiger partial charge < -0.3 is 0 Å². The Hall–Kier alpha value is 2.07. The SMILES string of the molecule is [F][Nd]([F])([F])[F].[NaH]. The monoisotopic (exact) mass is 242 g/mol. The molecule has 0 amide bonds. The molecule has 0 fully saturated rings. The second-order valence-corrected chi connectivity index (χ2v) is 3.18. The Morgan fingerprint density at radius 1 is 0.833 bits per heavy atom. The summed E-state index contributed by atoms with van der Waals surface area (Å²) >= 11 is -7.28. The van der Waals surface area contributed by atoms with Crippen molar-refractivity contribution in [3.05, 3.63) is 0 Å². The first-order chi connectivity index (χ1) is 2.00. The minimum atomic E-state index is -7.28. The van der Waals surface area contributed by atoms with E-state index >= 15 is 0 Å². The van der Waals surface area contributed by atoms with E-state index in [2.05, 4.69) is 0 Å². The standard InChI is InChI=1S/4FH.Na.Nd.H/h4*1H;;;/q;;;;;+4;/p-4. The summed E-state index contributed by atoms with van der Waals surface area (Å²) < 4.78 is 39.6. The van der Waals surface area contributed by atoms with Gasteiger partial charge in [0, 0.05) is 0 Å². The van der Waals surface area contributed by atoms with Crippen LogP contribution in [0.5, 0.6) is 0 Å². The van der Waals surface area contributed by atoms with Gasteiger partial charge in [-0.05, 0) is 0 Å². The van der Waals surface area contributed by atoms with E-state index in [1.165, 1.54) is 0 Å². The van der Waals surface area contributed by atoms with Gasteiger partial charge in [-0.2, -0.15) is 0 Å². The molecule has 0 spiro atoms. The molecule has 0 saturated heterocycles. The Kier molecular flexibility index (Phi) is 7.30. The molecule has 0 unspecified atom stereocenters. The van der Waals surface area contributed by atoms with Crippen LogP contribution >= 0.6 is 0 Å². The van der Waals surface area contributed by atoms with Crippen molar-refractivity contribution < 1.29 is 39.9 Å². The van der Waals surface area contributed by atoms with Gasteiger partial charge in [-0.15, -0.1) is 0 Å². The molecule has 34 valence electrons. The maximum atomic E-state index is 9.91. The summed E-state index contributed by atoms with van der Waals surface area (Å²) in [6, 6.07) is 0. The third-order valence-electron chi connectivity index (χ3n) is 0. The van der Waals surface area contributed by atoms with Crippen molar-refractivity contribution in [3.8, 4) is 0 Å². The quantitative estimate of drug-likeness (QED) is 0.441. The Morgan fingerprint density at radius 2 is 0.833 bits per heavy atom. The fourth-order valence-electron chi connectivity index (χ4n) is 0. The van der Waals surface area contributed by atoms with Crippen molar-refractivity contribution in [1.82, 2.24) is 0 Å². The van der Waals surface area contributed by atoms with Crippen LogP contribution < -0.4 is 0 Å². The summed E-state index contributed by atoms with van der Waals surface area (Å²) in [5.41, 5.74) is 0. The molecule has 6 heavy (non-hydrogen) atoms. The van der Waals surface area contributed by atoms with Crippen molar-refractivity contribution in [2.24, 2.45) is 0 Å². The minimum absolute atomic E-state index is 0. The van der Waals surface area contributed by atoms with Crippen LogP contribution in [0.25, 0.3) is 0 Å². The number of hydrogen-bond acceptors (Lipinski definition) is 0. The van der Waals surface area contributed by atoms with E-state index in [1.54, 1.807) is 0 Å². The van der Waals surface area contributed by atoms with Gasteiger partial charge in [-0.1, -0.05) is 0 Å². The van der Waals surface area contributed by atoms with E-state index in [0.29, 0.717) is 0 Å². The summed E-state index contributed by atoms with van der Waals surface area (Å²) in [6.45, 7) is 0. The molecule has 0 aliphatic carbocycles. The van der Waals surface area contributed by atoms with E-state index in [0.717, 1.165) is 0 Å². The van der Waals surface area contributed by atoms with Crippen LogP contribution in [0.2, 0.25) is 0 Å². The molecule has 0 bridgehead atoms. The molecule has 0 atom stereocenters. The van der Waals surface area contributed by atoms with E-state index in [4.69, 9.17) is 0 Å². The first-order valence-corrected chi connectivity index (χ1v) is 5.61. The Labute approximate surface area is 68.0 Å². The van der Waals surface area contributed by atoms with E-state index in [9.17, 15) is 4.05 Å². The molecular weight excluding hydrogens is 243 g/mol. The van der Waals surface area contributed by atoms with Gasteiger partial charge in [-0.3, -0.25) is 0 Å². The molecule has 0 aromatic heterocycles. The fourth-order valence-corrected chi connectivity index (χ4v) is 0. The van der Waals surface area contributed by atoms with Gasteiger partial charge in [0.25, 0.3) is 0 Å². The van der Waals surface area contributed by atoms with Gasteiger partial charge in [0.05, 0.1) is 0 Å². The van der Waals surface area contributed by atoms with Crippen LogP contribution in [0, 0.1) is 35.9 Å². The van der Waals surface area contributed by atoms with Crippen molar-refractivity contribution in [3.63, 3.8) is 0 Å². The third kappa shape index (κ3) is 36.4. The zero-order chi connectivity index (χ0) is 4.50. The summed E-state index contributed by atoms with van der Waals surface area (Å²) in [7, 11) is 0. The van der Waals surface area contributed by atoms with Gasteiger partial charge in [0.2, 0.25) is 0 Å². The van der Waals surface area contributed by atoms with Gasteiger partial charge in [-0.25, -0.2) is 0 Å². The van der Waals surface area contributed by atoms with Crippen molar-refractivity contribution in [1.29, 1.82) is 0 Å². The van der Waals surface area contributed by atoms with Crippen LogP contribution in [0.4, 0.5) is 4.05 Å². The molecule has 0 aromatic carbocycles. The number of rotatable bonds is 0. The van der Waals surface area contributed by atoms with Crippen molar-refractivity contribution in [2.45, 2.75) is 0 Å². The molecule has 0 aromatic rings. The molecule has 6 heteroatoms. The Bertz CT molecular complexity index is 23.0. The summed E-state index contributed by atoms with van der Waals surface area (Å²) in [5.74, 6) is 0. The Morgan fingerprint density at radius 3 is 0.833 bits per heavy atom. The van der Waals surface area contributed by atoms with Gasteiger partial charge in [0.1, 0.15) is 0 Å². The number of halogens is 4. The average molecular weight is 244 g/mol. The molecule has 0 heterocycles. The van der Waals surface area contributed by atoms with Crippen molar-refractivity contribution in [2.75, 3.05) is 0 Å². The third-order valence-corrected chi connectivity index (χ3v) is 0. The van der Waals surface area contributed by atoms with Crippen LogP contribution in [0.15, 0.2) is 0 Å². The molecule has 0 saturated carbocycles. The molecule has 0 rings (SSSR count). The van der Waals surface area contributed by atoms with Gasteiger partial charge >= 0.3 is 69.5 Å². The van der Waals surface area contributed by atoms with Gasteiger partial charge in [0.15, 0.2) is 0 Å². The van der Waals surface area contributed by atoms with Crippen LogP contribution in [0.1, 0.15) is 0 Å². The first-order valence-electron chi connectivity index (χ1n) is 0.756. The molecule has 0 N–H and O–H groups in total. The van der Waals surface area contributed by atoms with Crippen molar-refractivity contribution >= 4 is 29.6 Å². The first kappa shape index (κ1) is 10.9. The van der Waals surface area contributed by atoms with Crippen LogP contribution in [0.3, 0.4) is 0 Å². The zero-order valence-electron chi connectivity index (χ0n) is 2.01. The van der Waals surface area contributed by atoms with E-state index in [1.807, 2.05) is 0 Å². The normalized spacial score (nSPS) is 10.0. The summed E-state index contributed by atoms with van der Waals surface area (Å²) in [4.78, 5) is 0. The molecule has 0 aliphatic heterocycles. The van der Waals surface area contributed by atoms with Crippen LogP contribution in [-0.4, -0.2) is 29.6 Å². The molecular formula is HF4NaNd. The zero-order valence-corrected chi connectivity index (χ0v) is 5.22. The van der Waals surface area contributed by atoms with E-state index in [-0.39, 0.29) is 29.6 Å². The second-order valence-electron chi connectivity index (χ2n) is 0.429. The Balaban J connectivity index is 0. The maximum absolute atomic E-state index is 9.91. The molecule has 0 radical (unpaired) electrons. The number of hydrogen-bond donors (Lipinski definition) is 0. The average Bonchev–Trinajstić information content (AvgIpc) is 0.722. The second kappa shape index (κ2) is 4.00. The fraction of sp³-hybridized carbons (Fsp3) is 0. The summed E-state index contributed by atoms with van der Waals surface area (Å²) in [5, 5.41) is 0. The predicted octanol–water partition coefficient (Wildman–Crippen LogP) is 1.03.